The maximum absolute atomic E-state index is 13.2. The highest BCUT2D eigenvalue weighted by Crippen LogP contribution is 2.32. The standard InChI is InChI=1S/C24H26N4OS/c1-16(23(29)27(2)17-10-4-3-5-11-17)30-24-26-19-13-7-6-12-18(19)22-25-20-14-8-9-15-21(20)28(22)24/h6-9,12-17H,3-5,10-11H2,1-2H3/t16-/m0/s1. The van der Waals surface area contributed by atoms with E-state index < -0.39 is 0 Å². The first-order valence-corrected chi connectivity index (χ1v) is 11.6. The van der Waals surface area contributed by atoms with Crippen LogP contribution in [0.2, 0.25) is 0 Å². The van der Waals surface area contributed by atoms with Gasteiger partial charge in [-0.05, 0) is 44.0 Å². The van der Waals surface area contributed by atoms with Crippen LogP contribution in [0.1, 0.15) is 39.0 Å². The van der Waals surface area contributed by atoms with Crippen molar-refractivity contribution in [3.8, 4) is 0 Å². The number of thioether (sulfide) groups is 1. The number of carbonyl (C=O) groups is 1. The molecule has 0 aliphatic heterocycles. The molecule has 30 heavy (non-hydrogen) atoms. The molecule has 2 heterocycles. The number of amides is 1. The van der Waals surface area contributed by atoms with E-state index in [2.05, 4.69) is 16.5 Å². The number of para-hydroxylation sites is 3. The summed E-state index contributed by atoms with van der Waals surface area (Å²) in [4.78, 5) is 25.0. The van der Waals surface area contributed by atoms with Crippen molar-refractivity contribution in [3.05, 3.63) is 48.5 Å². The Morgan fingerprint density at radius 1 is 1.03 bits per heavy atom. The van der Waals surface area contributed by atoms with Crippen molar-refractivity contribution >= 4 is 45.3 Å². The molecule has 1 atom stereocenters. The lowest BCUT2D eigenvalue weighted by Gasteiger charge is -2.32. The lowest BCUT2D eigenvalue weighted by Crippen LogP contribution is -2.42. The van der Waals surface area contributed by atoms with E-state index in [0.717, 1.165) is 45.6 Å². The molecule has 5 rings (SSSR count). The highest BCUT2D eigenvalue weighted by molar-refractivity contribution is 8.00. The zero-order valence-corrected chi connectivity index (χ0v) is 18.2. The number of carbonyl (C=O) groups excluding carboxylic acids is 1. The number of benzene rings is 2. The fourth-order valence-corrected chi connectivity index (χ4v) is 5.56. The van der Waals surface area contributed by atoms with Gasteiger partial charge in [-0.2, -0.15) is 0 Å². The van der Waals surface area contributed by atoms with Crippen LogP contribution in [-0.4, -0.2) is 43.5 Å². The van der Waals surface area contributed by atoms with Gasteiger partial charge in [-0.25, -0.2) is 9.97 Å². The largest absolute Gasteiger partial charge is 0.342 e. The summed E-state index contributed by atoms with van der Waals surface area (Å²) in [5.74, 6) is 0.180. The minimum absolute atomic E-state index is 0.180. The van der Waals surface area contributed by atoms with Gasteiger partial charge in [-0.1, -0.05) is 55.3 Å². The van der Waals surface area contributed by atoms with Gasteiger partial charge in [0.25, 0.3) is 0 Å². The van der Waals surface area contributed by atoms with Gasteiger partial charge in [0.1, 0.15) is 5.65 Å². The molecule has 1 aliphatic carbocycles. The summed E-state index contributed by atoms with van der Waals surface area (Å²) in [6.45, 7) is 1.99. The van der Waals surface area contributed by atoms with Gasteiger partial charge in [0, 0.05) is 18.5 Å². The third-order valence-electron chi connectivity index (χ3n) is 6.21. The molecule has 2 aromatic heterocycles. The number of aromatic nitrogens is 3. The van der Waals surface area contributed by atoms with Crippen LogP contribution in [-0.2, 0) is 4.79 Å². The van der Waals surface area contributed by atoms with Crippen LogP contribution in [0, 0.1) is 0 Å². The summed E-state index contributed by atoms with van der Waals surface area (Å²) in [7, 11) is 1.96. The molecule has 154 valence electrons. The molecule has 1 saturated carbocycles. The Kier molecular flexibility index (Phi) is 5.11. The number of nitrogens with zero attached hydrogens (tertiary/aromatic N) is 4. The van der Waals surface area contributed by atoms with Crippen molar-refractivity contribution in [2.75, 3.05) is 7.05 Å². The van der Waals surface area contributed by atoms with Gasteiger partial charge in [-0.3, -0.25) is 9.20 Å². The molecule has 5 nitrogen and oxygen atoms in total. The molecule has 0 N–H and O–H groups in total. The maximum atomic E-state index is 13.2. The summed E-state index contributed by atoms with van der Waals surface area (Å²) in [5, 5.41) is 1.63. The third kappa shape index (κ3) is 3.33. The van der Waals surface area contributed by atoms with E-state index in [9.17, 15) is 4.79 Å². The average molecular weight is 419 g/mol. The van der Waals surface area contributed by atoms with Gasteiger partial charge in [-0.15, -0.1) is 0 Å². The first kappa shape index (κ1) is 19.4. The first-order chi connectivity index (χ1) is 14.6. The fourth-order valence-electron chi connectivity index (χ4n) is 4.54. The molecule has 1 aliphatic rings. The van der Waals surface area contributed by atoms with Crippen molar-refractivity contribution < 1.29 is 4.79 Å². The van der Waals surface area contributed by atoms with Crippen molar-refractivity contribution in [3.63, 3.8) is 0 Å². The Hall–Kier alpha value is -2.60. The maximum Gasteiger partial charge on any atom is 0.235 e. The number of hydrogen-bond acceptors (Lipinski definition) is 4. The van der Waals surface area contributed by atoms with Crippen molar-refractivity contribution in [1.29, 1.82) is 0 Å². The van der Waals surface area contributed by atoms with Crippen LogP contribution < -0.4 is 0 Å². The number of fused-ring (bicyclic) bond motifs is 5. The molecule has 4 aromatic rings. The number of rotatable bonds is 4. The Morgan fingerprint density at radius 3 is 2.53 bits per heavy atom. The summed E-state index contributed by atoms with van der Waals surface area (Å²) < 4.78 is 2.10. The van der Waals surface area contributed by atoms with Crippen LogP contribution in [0.4, 0.5) is 0 Å². The van der Waals surface area contributed by atoms with Crippen LogP contribution in [0.3, 0.4) is 0 Å². The molecule has 0 bridgehead atoms. The van der Waals surface area contributed by atoms with Gasteiger partial charge < -0.3 is 4.90 Å². The van der Waals surface area contributed by atoms with Crippen LogP contribution in [0.15, 0.2) is 53.7 Å². The van der Waals surface area contributed by atoms with Crippen LogP contribution in [0.25, 0.3) is 27.6 Å². The molecule has 2 aromatic carbocycles. The molecule has 1 fully saturated rings. The Morgan fingerprint density at radius 2 is 1.73 bits per heavy atom. The summed E-state index contributed by atoms with van der Waals surface area (Å²) in [5.41, 5.74) is 3.76. The number of imidazole rings is 1. The monoisotopic (exact) mass is 418 g/mol. The molecular weight excluding hydrogens is 392 g/mol. The topological polar surface area (TPSA) is 50.5 Å². The van der Waals surface area contributed by atoms with Gasteiger partial charge in [0.05, 0.1) is 21.8 Å². The van der Waals surface area contributed by atoms with Gasteiger partial charge in [0.2, 0.25) is 5.91 Å². The van der Waals surface area contributed by atoms with Crippen molar-refractivity contribution in [1.82, 2.24) is 19.3 Å². The van der Waals surface area contributed by atoms with E-state index in [4.69, 9.17) is 9.97 Å². The summed E-state index contributed by atoms with van der Waals surface area (Å²) in [6.07, 6.45) is 5.96. The van der Waals surface area contributed by atoms with Crippen molar-refractivity contribution in [2.45, 2.75) is 55.5 Å². The quantitative estimate of drug-likeness (QED) is 0.333. The minimum Gasteiger partial charge on any atom is -0.342 e. The van der Waals surface area contributed by atoms with Crippen LogP contribution in [0.5, 0.6) is 0 Å². The van der Waals surface area contributed by atoms with E-state index in [1.165, 1.54) is 31.0 Å². The second kappa shape index (κ2) is 7.91. The van der Waals surface area contributed by atoms with E-state index >= 15 is 0 Å². The minimum atomic E-state index is -0.213. The molecular formula is C24H26N4OS. The Bertz CT molecular complexity index is 1230. The second-order valence-corrected chi connectivity index (χ2v) is 9.48. The zero-order chi connectivity index (χ0) is 20.7. The average Bonchev–Trinajstić information content (AvgIpc) is 3.19. The highest BCUT2D eigenvalue weighted by atomic mass is 32.2. The van der Waals surface area contributed by atoms with E-state index in [1.807, 2.05) is 55.3 Å². The lowest BCUT2D eigenvalue weighted by atomic mass is 9.94. The highest BCUT2D eigenvalue weighted by Gasteiger charge is 2.27. The SMILES string of the molecule is C[C@H](Sc1nc2ccccc2c2nc3ccccc3n12)C(=O)N(C)C1CCCCC1. The number of hydrogen-bond donors (Lipinski definition) is 0. The molecule has 0 radical (unpaired) electrons. The fraction of sp³-hybridized carbons (Fsp3) is 0.375. The second-order valence-electron chi connectivity index (χ2n) is 8.17. The predicted octanol–water partition coefficient (Wildman–Crippen LogP) is 5.31. The smallest absolute Gasteiger partial charge is 0.235 e. The van der Waals surface area contributed by atoms with E-state index in [1.54, 1.807) is 0 Å². The summed E-state index contributed by atoms with van der Waals surface area (Å²) >= 11 is 1.53. The lowest BCUT2D eigenvalue weighted by molar-refractivity contribution is -0.131. The first-order valence-electron chi connectivity index (χ1n) is 10.7. The normalized spacial score (nSPS) is 16.3. The summed E-state index contributed by atoms with van der Waals surface area (Å²) in [6, 6.07) is 16.6. The Labute approximate surface area is 180 Å². The Balaban J connectivity index is 1.55. The molecule has 6 heteroatoms. The van der Waals surface area contributed by atoms with Gasteiger partial charge in [0.15, 0.2) is 5.16 Å². The van der Waals surface area contributed by atoms with E-state index in [0.29, 0.717) is 6.04 Å². The van der Waals surface area contributed by atoms with Crippen LogP contribution >= 0.6 is 11.8 Å². The molecule has 0 spiro atoms. The zero-order valence-electron chi connectivity index (χ0n) is 17.4. The van der Waals surface area contributed by atoms with Crippen molar-refractivity contribution in [2.24, 2.45) is 0 Å². The molecule has 1 amide bonds. The predicted molar refractivity (Wildman–Crippen MR) is 123 cm³/mol. The molecule has 0 saturated heterocycles. The van der Waals surface area contributed by atoms with E-state index in [-0.39, 0.29) is 11.2 Å². The molecule has 0 unspecified atom stereocenters. The third-order valence-corrected chi connectivity index (χ3v) is 7.25. The van der Waals surface area contributed by atoms with Gasteiger partial charge >= 0.3 is 0 Å².